The highest BCUT2D eigenvalue weighted by Gasteiger charge is 2.30. The second kappa shape index (κ2) is 6.19. The molecule has 2 aromatic carbocycles. The molecule has 1 aliphatic rings. The summed E-state index contributed by atoms with van der Waals surface area (Å²) in [7, 11) is 0. The van der Waals surface area contributed by atoms with Gasteiger partial charge in [-0.3, -0.25) is 14.9 Å². The Kier molecular flexibility index (Phi) is 4.20. The van der Waals surface area contributed by atoms with Crippen LogP contribution in [0.4, 0.5) is 24.5 Å². The molecule has 130 valence electrons. The molecule has 0 bridgehead atoms. The highest BCUT2D eigenvalue weighted by molar-refractivity contribution is 5.96. The van der Waals surface area contributed by atoms with Crippen molar-refractivity contribution in [2.75, 3.05) is 11.4 Å². The van der Waals surface area contributed by atoms with E-state index in [1.54, 1.807) is 0 Å². The van der Waals surface area contributed by atoms with Crippen LogP contribution in [0.3, 0.4) is 0 Å². The highest BCUT2D eigenvalue weighted by Crippen LogP contribution is 2.32. The maximum absolute atomic E-state index is 12.6. The maximum atomic E-state index is 12.6. The number of nitrogens with zero attached hydrogens (tertiary/aromatic N) is 2. The van der Waals surface area contributed by atoms with Crippen LogP contribution < -0.4 is 4.90 Å². The molecule has 0 saturated carbocycles. The monoisotopic (exact) mass is 350 g/mol. The fourth-order valence-electron chi connectivity index (χ4n) is 2.84. The number of alkyl halides is 3. The number of amides is 1. The standard InChI is InChI=1S/C17H13F3N2O3/c18-17(19,20)13-3-1-11(2-4-13)9-16(23)21-8-7-12-10-14(22(24)25)5-6-15(12)21/h1-6,10H,7-9H2. The molecule has 8 heteroatoms. The van der Waals surface area contributed by atoms with Crippen molar-refractivity contribution in [2.45, 2.75) is 19.0 Å². The zero-order chi connectivity index (χ0) is 18.2. The average Bonchev–Trinajstić information content (AvgIpc) is 2.97. The quantitative estimate of drug-likeness (QED) is 0.626. The summed E-state index contributed by atoms with van der Waals surface area (Å²) in [5.74, 6) is -0.257. The Bertz CT molecular complexity index is 832. The topological polar surface area (TPSA) is 63.5 Å². The van der Waals surface area contributed by atoms with Gasteiger partial charge in [0, 0.05) is 24.4 Å². The number of nitro groups is 1. The van der Waals surface area contributed by atoms with Crippen LogP contribution in [0.2, 0.25) is 0 Å². The van der Waals surface area contributed by atoms with Crippen molar-refractivity contribution < 1.29 is 22.9 Å². The van der Waals surface area contributed by atoms with E-state index in [2.05, 4.69) is 0 Å². The summed E-state index contributed by atoms with van der Waals surface area (Å²) >= 11 is 0. The first-order valence-corrected chi connectivity index (χ1v) is 7.49. The molecule has 0 aromatic heterocycles. The smallest absolute Gasteiger partial charge is 0.312 e. The van der Waals surface area contributed by atoms with E-state index in [0.717, 1.165) is 17.7 Å². The van der Waals surface area contributed by atoms with E-state index in [0.29, 0.717) is 24.2 Å². The Balaban J connectivity index is 1.74. The summed E-state index contributed by atoms with van der Waals surface area (Å²) in [6.45, 7) is 0.399. The van der Waals surface area contributed by atoms with Gasteiger partial charge in [0.25, 0.3) is 5.69 Å². The molecular weight excluding hydrogens is 337 g/mol. The number of anilines is 1. The van der Waals surface area contributed by atoms with Crippen LogP contribution in [-0.4, -0.2) is 17.4 Å². The van der Waals surface area contributed by atoms with Crippen molar-refractivity contribution in [3.8, 4) is 0 Å². The molecule has 0 radical (unpaired) electrons. The van der Waals surface area contributed by atoms with Crippen LogP contribution in [0.15, 0.2) is 42.5 Å². The number of hydrogen-bond acceptors (Lipinski definition) is 3. The molecule has 0 saturated heterocycles. The molecule has 0 atom stereocenters. The lowest BCUT2D eigenvalue weighted by atomic mass is 10.1. The lowest BCUT2D eigenvalue weighted by Gasteiger charge is -2.17. The highest BCUT2D eigenvalue weighted by atomic mass is 19.4. The molecule has 1 amide bonds. The van der Waals surface area contributed by atoms with Crippen molar-refractivity contribution in [1.29, 1.82) is 0 Å². The number of nitro benzene ring substituents is 1. The van der Waals surface area contributed by atoms with E-state index in [1.165, 1.54) is 35.2 Å². The van der Waals surface area contributed by atoms with Gasteiger partial charge in [-0.15, -0.1) is 0 Å². The largest absolute Gasteiger partial charge is 0.416 e. The van der Waals surface area contributed by atoms with E-state index in [4.69, 9.17) is 0 Å². The fourth-order valence-corrected chi connectivity index (χ4v) is 2.84. The van der Waals surface area contributed by atoms with Crippen molar-refractivity contribution in [3.05, 3.63) is 69.3 Å². The predicted molar refractivity (Wildman–Crippen MR) is 84.3 cm³/mol. The number of halogens is 3. The summed E-state index contributed by atoms with van der Waals surface area (Å²) in [5.41, 5.74) is 1.02. The first-order valence-electron chi connectivity index (χ1n) is 7.49. The summed E-state index contributed by atoms with van der Waals surface area (Å²) in [4.78, 5) is 24.3. The first kappa shape index (κ1) is 16.9. The third-order valence-electron chi connectivity index (χ3n) is 4.11. The number of benzene rings is 2. The van der Waals surface area contributed by atoms with Gasteiger partial charge < -0.3 is 4.90 Å². The van der Waals surface area contributed by atoms with E-state index in [-0.39, 0.29) is 18.0 Å². The van der Waals surface area contributed by atoms with E-state index in [1.807, 2.05) is 0 Å². The van der Waals surface area contributed by atoms with Crippen LogP contribution in [0.1, 0.15) is 16.7 Å². The molecule has 0 aliphatic carbocycles. The average molecular weight is 350 g/mol. The molecule has 0 fully saturated rings. The Morgan fingerprint density at radius 2 is 1.84 bits per heavy atom. The Labute approximate surface area is 140 Å². The lowest BCUT2D eigenvalue weighted by molar-refractivity contribution is -0.384. The minimum absolute atomic E-state index is 0.0317. The van der Waals surface area contributed by atoms with Crippen molar-refractivity contribution in [3.63, 3.8) is 0 Å². The van der Waals surface area contributed by atoms with Crippen LogP contribution in [0.25, 0.3) is 0 Å². The van der Waals surface area contributed by atoms with E-state index in [9.17, 15) is 28.1 Å². The summed E-state index contributed by atoms with van der Waals surface area (Å²) in [6, 6.07) is 8.78. The van der Waals surface area contributed by atoms with E-state index < -0.39 is 16.7 Å². The number of hydrogen-bond donors (Lipinski definition) is 0. The molecule has 2 aromatic rings. The third kappa shape index (κ3) is 3.47. The van der Waals surface area contributed by atoms with Crippen LogP contribution in [-0.2, 0) is 23.8 Å². The summed E-state index contributed by atoms with van der Waals surface area (Å²) in [5, 5.41) is 10.8. The summed E-state index contributed by atoms with van der Waals surface area (Å²) < 4.78 is 37.7. The van der Waals surface area contributed by atoms with Gasteiger partial charge in [-0.2, -0.15) is 13.2 Å². The molecule has 5 nitrogen and oxygen atoms in total. The van der Waals surface area contributed by atoms with Gasteiger partial charge in [0.2, 0.25) is 5.91 Å². The van der Waals surface area contributed by atoms with Crippen molar-refractivity contribution in [2.24, 2.45) is 0 Å². The van der Waals surface area contributed by atoms with Gasteiger partial charge in [0.05, 0.1) is 16.9 Å². The molecule has 0 N–H and O–H groups in total. The number of carbonyl (C=O) groups is 1. The normalized spacial score (nSPS) is 13.6. The van der Waals surface area contributed by atoms with Gasteiger partial charge in [-0.1, -0.05) is 12.1 Å². The molecule has 1 heterocycles. The molecule has 25 heavy (non-hydrogen) atoms. The predicted octanol–water partition coefficient (Wildman–Crippen LogP) is 3.75. The van der Waals surface area contributed by atoms with Crippen LogP contribution in [0.5, 0.6) is 0 Å². The number of carbonyl (C=O) groups excluding carboxylic acids is 1. The second-order valence-electron chi connectivity index (χ2n) is 5.74. The third-order valence-corrected chi connectivity index (χ3v) is 4.11. The summed E-state index contributed by atoms with van der Waals surface area (Å²) in [6.07, 6.45) is -3.94. The zero-order valence-electron chi connectivity index (χ0n) is 12.9. The maximum Gasteiger partial charge on any atom is 0.416 e. The van der Waals surface area contributed by atoms with Gasteiger partial charge in [0.1, 0.15) is 0 Å². The van der Waals surface area contributed by atoms with Crippen LogP contribution >= 0.6 is 0 Å². The molecular formula is C17H13F3N2O3. The molecule has 3 rings (SSSR count). The second-order valence-corrected chi connectivity index (χ2v) is 5.74. The zero-order valence-corrected chi connectivity index (χ0v) is 12.9. The number of fused-ring (bicyclic) bond motifs is 1. The van der Waals surface area contributed by atoms with Crippen molar-refractivity contribution >= 4 is 17.3 Å². The Hall–Kier alpha value is -2.90. The molecule has 0 spiro atoms. The van der Waals surface area contributed by atoms with Gasteiger partial charge in [0.15, 0.2) is 0 Å². The van der Waals surface area contributed by atoms with Gasteiger partial charge in [-0.05, 0) is 35.7 Å². The van der Waals surface area contributed by atoms with Gasteiger partial charge >= 0.3 is 6.18 Å². The molecule has 1 aliphatic heterocycles. The Morgan fingerprint density at radius 1 is 1.16 bits per heavy atom. The molecule has 0 unspecified atom stereocenters. The minimum atomic E-state index is -4.41. The lowest BCUT2D eigenvalue weighted by Crippen LogP contribution is -2.30. The van der Waals surface area contributed by atoms with Crippen LogP contribution in [0, 0.1) is 10.1 Å². The fraction of sp³-hybridized carbons (Fsp3) is 0.235. The minimum Gasteiger partial charge on any atom is -0.312 e. The van der Waals surface area contributed by atoms with Gasteiger partial charge in [-0.25, -0.2) is 0 Å². The Morgan fingerprint density at radius 3 is 2.44 bits per heavy atom. The number of non-ortho nitro benzene ring substituents is 1. The van der Waals surface area contributed by atoms with Crippen molar-refractivity contribution in [1.82, 2.24) is 0 Å². The number of rotatable bonds is 3. The SMILES string of the molecule is O=C(Cc1ccc(C(F)(F)F)cc1)N1CCc2cc([N+](=O)[O-])ccc21. The first-order chi connectivity index (χ1) is 11.8. The van der Waals surface area contributed by atoms with E-state index >= 15 is 0 Å².